The first-order valence-electron chi connectivity index (χ1n) is 8.40. The lowest BCUT2D eigenvalue weighted by molar-refractivity contribution is -0.122. The molecule has 0 saturated carbocycles. The number of carbonyl (C=O) groups excluding carboxylic acids is 1. The second kappa shape index (κ2) is 7.55. The summed E-state index contributed by atoms with van der Waals surface area (Å²) in [5.41, 5.74) is 8.45. The fourth-order valence-electron chi connectivity index (χ4n) is 3.25. The van der Waals surface area contributed by atoms with Gasteiger partial charge in [-0.3, -0.25) is 20.6 Å². The van der Waals surface area contributed by atoms with Crippen LogP contribution in [0.2, 0.25) is 0 Å². The summed E-state index contributed by atoms with van der Waals surface area (Å²) in [6, 6.07) is 14.3. The van der Waals surface area contributed by atoms with E-state index in [0.29, 0.717) is 6.42 Å². The van der Waals surface area contributed by atoms with Crippen LogP contribution in [0.1, 0.15) is 37.4 Å². The van der Waals surface area contributed by atoms with Crippen LogP contribution in [0.5, 0.6) is 0 Å². The lowest BCUT2D eigenvalue weighted by atomic mass is 9.92. The predicted octanol–water partition coefficient (Wildman–Crippen LogP) is 2.18. The first-order chi connectivity index (χ1) is 11.6. The zero-order chi connectivity index (χ0) is 16.9. The minimum Gasteiger partial charge on any atom is -0.345 e. The number of carbonyl (C=O) groups is 1. The number of rotatable bonds is 5. The minimum atomic E-state index is -0.180. The maximum atomic E-state index is 12.7. The van der Waals surface area contributed by atoms with E-state index < -0.39 is 0 Å². The van der Waals surface area contributed by atoms with Gasteiger partial charge >= 0.3 is 0 Å². The van der Waals surface area contributed by atoms with E-state index in [4.69, 9.17) is 0 Å². The molecule has 0 radical (unpaired) electrons. The number of aromatic nitrogens is 1. The molecule has 3 N–H and O–H groups in total. The summed E-state index contributed by atoms with van der Waals surface area (Å²) < 4.78 is 0. The molecule has 3 unspecified atom stereocenters. The number of benzene rings is 1. The van der Waals surface area contributed by atoms with Crippen molar-refractivity contribution >= 4 is 5.91 Å². The number of hydrazine groups is 1. The Kier molecular flexibility index (Phi) is 5.23. The van der Waals surface area contributed by atoms with Gasteiger partial charge in [-0.2, -0.15) is 0 Å². The number of hydrogen-bond donors (Lipinski definition) is 3. The van der Waals surface area contributed by atoms with E-state index >= 15 is 0 Å². The summed E-state index contributed by atoms with van der Waals surface area (Å²) in [6.07, 6.45) is 4.04. The van der Waals surface area contributed by atoms with Crippen molar-refractivity contribution in [2.24, 2.45) is 5.92 Å². The first-order valence-corrected chi connectivity index (χ1v) is 8.40. The first kappa shape index (κ1) is 16.6. The van der Waals surface area contributed by atoms with Gasteiger partial charge in [0, 0.05) is 36.8 Å². The van der Waals surface area contributed by atoms with Crippen LogP contribution in [0.25, 0.3) is 0 Å². The van der Waals surface area contributed by atoms with Crippen molar-refractivity contribution in [1.82, 2.24) is 21.2 Å². The number of hydrogen-bond acceptors (Lipinski definition) is 4. The lowest BCUT2D eigenvalue weighted by Gasteiger charge is -2.22. The lowest BCUT2D eigenvalue weighted by Crippen LogP contribution is -2.34. The monoisotopic (exact) mass is 324 g/mol. The zero-order valence-corrected chi connectivity index (χ0v) is 14.1. The Bertz CT molecular complexity index is 612. The Balaban J connectivity index is 1.76. The zero-order valence-electron chi connectivity index (χ0n) is 14.1. The van der Waals surface area contributed by atoms with E-state index in [9.17, 15) is 4.79 Å². The number of pyridine rings is 1. The van der Waals surface area contributed by atoms with Gasteiger partial charge in [0.15, 0.2) is 0 Å². The molecule has 3 rings (SSSR count). The Hall–Kier alpha value is -2.24. The van der Waals surface area contributed by atoms with E-state index in [2.05, 4.69) is 35.0 Å². The SMILES string of the molecule is CC1NNC(C)C1CC(=O)NC(c1ccccc1)c1cccnc1. The summed E-state index contributed by atoms with van der Waals surface area (Å²) in [5, 5.41) is 3.18. The van der Waals surface area contributed by atoms with Crippen LogP contribution in [-0.4, -0.2) is 23.0 Å². The number of amides is 1. The van der Waals surface area contributed by atoms with Gasteiger partial charge < -0.3 is 5.32 Å². The summed E-state index contributed by atoms with van der Waals surface area (Å²) in [5.74, 6) is 0.331. The normalized spacial score (nSPS) is 24.5. The number of nitrogens with one attached hydrogen (secondary N) is 3. The Morgan fingerprint density at radius 3 is 2.38 bits per heavy atom. The van der Waals surface area contributed by atoms with Gasteiger partial charge in [0.05, 0.1) is 6.04 Å². The molecule has 1 aromatic heterocycles. The molecular weight excluding hydrogens is 300 g/mol. The molecular formula is C19H24N4O. The fourth-order valence-corrected chi connectivity index (χ4v) is 3.25. The van der Waals surface area contributed by atoms with Crippen molar-refractivity contribution in [2.75, 3.05) is 0 Å². The van der Waals surface area contributed by atoms with Crippen molar-refractivity contribution in [3.8, 4) is 0 Å². The summed E-state index contributed by atoms with van der Waals surface area (Å²) >= 11 is 0. The maximum absolute atomic E-state index is 12.7. The molecule has 1 fully saturated rings. The van der Waals surface area contributed by atoms with Gasteiger partial charge in [-0.05, 0) is 31.0 Å². The Morgan fingerprint density at radius 1 is 1.08 bits per heavy atom. The maximum Gasteiger partial charge on any atom is 0.221 e. The fraction of sp³-hybridized carbons (Fsp3) is 0.368. The smallest absolute Gasteiger partial charge is 0.221 e. The molecule has 126 valence electrons. The van der Waals surface area contributed by atoms with Crippen molar-refractivity contribution in [2.45, 2.75) is 38.4 Å². The molecule has 5 heteroatoms. The van der Waals surface area contributed by atoms with Crippen LogP contribution in [-0.2, 0) is 4.79 Å². The van der Waals surface area contributed by atoms with Gasteiger partial charge in [0.2, 0.25) is 5.91 Å². The van der Waals surface area contributed by atoms with Gasteiger partial charge in [-0.1, -0.05) is 36.4 Å². The van der Waals surface area contributed by atoms with Crippen LogP contribution in [0, 0.1) is 5.92 Å². The van der Waals surface area contributed by atoms with E-state index in [0.717, 1.165) is 11.1 Å². The van der Waals surface area contributed by atoms with Crippen LogP contribution < -0.4 is 16.2 Å². The van der Waals surface area contributed by atoms with Crippen molar-refractivity contribution < 1.29 is 4.79 Å². The number of nitrogens with zero attached hydrogens (tertiary/aromatic N) is 1. The third-order valence-electron chi connectivity index (χ3n) is 4.70. The second-order valence-corrected chi connectivity index (χ2v) is 6.43. The molecule has 1 aliphatic rings. The van der Waals surface area contributed by atoms with E-state index in [-0.39, 0.29) is 30.0 Å². The van der Waals surface area contributed by atoms with E-state index in [1.807, 2.05) is 48.7 Å². The standard InChI is InChI=1S/C19H24N4O/c1-13-17(14(2)23-22-13)11-18(24)21-19(15-7-4-3-5-8-15)16-9-6-10-20-12-16/h3-10,12-14,17,19,22-23H,11H2,1-2H3,(H,21,24). The second-order valence-electron chi connectivity index (χ2n) is 6.43. The van der Waals surface area contributed by atoms with Gasteiger partial charge in [0.25, 0.3) is 0 Å². The molecule has 0 aliphatic carbocycles. The highest BCUT2D eigenvalue weighted by Gasteiger charge is 2.32. The summed E-state index contributed by atoms with van der Waals surface area (Å²) in [7, 11) is 0. The molecule has 0 bridgehead atoms. The van der Waals surface area contributed by atoms with Gasteiger partial charge in [-0.25, -0.2) is 0 Å². The van der Waals surface area contributed by atoms with Crippen molar-refractivity contribution in [3.63, 3.8) is 0 Å². The van der Waals surface area contributed by atoms with Crippen LogP contribution >= 0.6 is 0 Å². The summed E-state index contributed by atoms with van der Waals surface area (Å²) in [6.45, 7) is 4.20. The molecule has 5 nitrogen and oxygen atoms in total. The van der Waals surface area contributed by atoms with Crippen molar-refractivity contribution in [1.29, 1.82) is 0 Å². The van der Waals surface area contributed by atoms with Crippen LogP contribution in [0.3, 0.4) is 0 Å². The van der Waals surface area contributed by atoms with Crippen molar-refractivity contribution in [3.05, 3.63) is 66.0 Å². The average Bonchev–Trinajstić information content (AvgIpc) is 2.93. The largest absolute Gasteiger partial charge is 0.345 e. The van der Waals surface area contributed by atoms with Gasteiger partial charge in [-0.15, -0.1) is 0 Å². The summed E-state index contributed by atoms with van der Waals surface area (Å²) in [4.78, 5) is 16.9. The van der Waals surface area contributed by atoms with E-state index in [1.165, 1.54) is 0 Å². The Labute approximate surface area is 142 Å². The highest BCUT2D eigenvalue weighted by atomic mass is 16.1. The topological polar surface area (TPSA) is 66.0 Å². The molecule has 3 atom stereocenters. The highest BCUT2D eigenvalue weighted by Crippen LogP contribution is 2.23. The van der Waals surface area contributed by atoms with E-state index in [1.54, 1.807) is 6.20 Å². The molecule has 2 heterocycles. The molecule has 1 aliphatic heterocycles. The van der Waals surface area contributed by atoms with Gasteiger partial charge in [0.1, 0.15) is 0 Å². The Morgan fingerprint density at radius 2 is 1.75 bits per heavy atom. The predicted molar refractivity (Wildman–Crippen MR) is 94.0 cm³/mol. The quantitative estimate of drug-likeness (QED) is 0.789. The molecule has 1 saturated heterocycles. The molecule has 1 amide bonds. The molecule has 2 aromatic rings. The third-order valence-corrected chi connectivity index (χ3v) is 4.70. The highest BCUT2D eigenvalue weighted by molar-refractivity contribution is 5.77. The molecule has 24 heavy (non-hydrogen) atoms. The molecule has 1 aromatic carbocycles. The molecule has 0 spiro atoms. The van der Waals surface area contributed by atoms with Crippen LogP contribution in [0.15, 0.2) is 54.9 Å². The third kappa shape index (κ3) is 3.80. The van der Waals surface area contributed by atoms with Crippen LogP contribution in [0.4, 0.5) is 0 Å². The average molecular weight is 324 g/mol. The minimum absolute atomic E-state index is 0.0573.